The van der Waals surface area contributed by atoms with E-state index in [0.717, 1.165) is 12.8 Å². The lowest BCUT2D eigenvalue weighted by molar-refractivity contribution is 0.538. The van der Waals surface area contributed by atoms with E-state index in [1.54, 1.807) is 7.05 Å². The van der Waals surface area contributed by atoms with E-state index in [1.165, 1.54) is 10.9 Å². The summed E-state index contributed by atoms with van der Waals surface area (Å²) in [6.45, 7) is 5.68. The first-order chi connectivity index (χ1) is 9.04. The molecule has 0 aromatic carbocycles. The van der Waals surface area contributed by atoms with Crippen LogP contribution in [0.5, 0.6) is 0 Å². The minimum absolute atomic E-state index is 0.0714. The van der Waals surface area contributed by atoms with Gasteiger partial charge in [-0.3, -0.25) is 4.68 Å². The van der Waals surface area contributed by atoms with Crippen molar-refractivity contribution in [3.05, 3.63) is 11.9 Å². The highest BCUT2D eigenvalue weighted by Crippen LogP contribution is 2.29. The normalized spacial score (nSPS) is 19.2. The van der Waals surface area contributed by atoms with E-state index in [2.05, 4.69) is 8.87 Å². The highest BCUT2D eigenvalue weighted by molar-refractivity contribution is 8.03. The van der Waals surface area contributed by atoms with Crippen molar-refractivity contribution < 1.29 is 12.6 Å². The number of nitrogens with zero attached hydrogens (tertiary/aromatic N) is 3. The van der Waals surface area contributed by atoms with Gasteiger partial charge >= 0.3 is 0 Å². The van der Waals surface area contributed by atoms with E-state index >= 15 is 0 Å². The highest BCUT2D eigenvalue weighted by atomic mass is 32.3. The summed E-state index contributed by atoms with van der Waals surface area (Å²) >= 11 is 0. The minimum Gasteiger partial charge on any atom is -0.274 e. The molecule has 0 unspecified atom stereocenters. The van der Waals surface area contributed by atoms with Crippen LogP contribution in [0.15, 0.2) is 14.9 Å². The summed E-state index contributed by atoms with van der Waals surface area (Å²) in [5.41, 5.74) is 0.0463. The van der Waals surface area contributed by atoms with Crippen LogP contribution in [-0.4, -0.2) is 33.9 Å². The van der Waals surface area contributed by atoms with Crippen LogP contribution in [0.25, 0.3) is 0 Å². The van der Waals surface area contributed by atoms with Crippen LogP contribution >= 0.6 is 0 Å². The lowest BCUT2D eigenvalue weighted by atomic mass is 9.92. The topological polar surface area (TPSA) is 81.4 Å². The molecule has 1 aromatic heterocycles. The summed E-state index contributed by atoms with van der Waals surface area (Å²) in [5.74, 6) is 0.745. The van der Waals surface area contributed by atoms with Crippen molar-refractivity contribution in [2.45, 2.75) is 43.9 Å². The molecule has 0 bridgehead atoms. The number of hydrogen-bond donors (Lipinski definition) is 0. The van der Waals surface area contributed by atoms with Crippen molar-refractivity contribution in [2.75, 3.05) is 11.5 Å². The molecule has 0 saturated carbocycles. The van der Waals surface area contributed by atoms with Gasteiger partial charge in [-0.2, -0.15) is 13.5 Å². The summed E-state index contributed by atoms with van der Waals surface area (Å²) in [6, 6.07) is 0. The molecular formula is C12H21N3O3S2. The molecule has 8 heteroatoms. The Morgan fingerprint density at radius 3 is 2.35 bits per heavy atom. The third-order valence-corrected chi connectivity index (χ3v) is 7.77. The number of aromatic nitrogens is 2. The Kier molecular flexibility index (Phi) is 3.75. The van der Waals surface area contributed by atoms with Crippen LogP contribution in [-0.2, 0) is 32.2 Å². The van der Waals surface area contributed by atoms with Gasteiger partial charge in [0.05, 0.1) is 15.4 Å². The fourth-order valence-corrected chi connectivity index (χ4v) is 6.97. The predicted molar refractivity (Wildman–Crippen MR) is 78.6 cm³/mol. The Morgan fingerprint density at radius 2 is 1.85 bits per heavy atom. The van der Waals surface area contributed by atoms with Crippen molar-refractivity contribution in [1.82, 2.24) is 9.78 Å². The van der Waals surface area contributed by atoms with E-state index in [9.17, 15) is 12.6 Å². The minimum atomic E-state index is -3.93. The maximum atomic E-state index is 12.5. The molecule has 0 spiro atoms. The van der Waals surface area contributed by atoms with Crippen LogP contribution in [0, 0.1) is 0 Å². The second kappa shape index (κ2) is 4.84. The predicted octanol–water partition coefficient (Wildman–Crippen LogP) is 1.67. The Bertz CT molecular complexity index is 720. The third kappa shape index (κ3) is 3.06. The van der Waals surface area contributed by atoms with E-state index in [0.29, 0.717) is 17.2 Å². The second-order valence-corrected chi connectivity index (χ2v) is 10.6. The molecule has 20 heavy (non-hydrogen) atoms. The van der Waals surface area contributed by atoms with E-state index in [1.807, 2.05) is 20.8 Å². The van der Waals surface area contributed by atoms with E-state index in [4.69, 9.17) is 0 Å². The first kappa shape index (κ1) is 15.5. The molecule has 1 fully saturated rings. The molecule has 6 nitrogen and oxygen atoms in total. The molecule has 1 aliphatic heterocycles. The fraction of sp³-hybridized carbons (Fsp3) is 0.750. The average molecular weight is 319 g/mol. The van der Waals surface area contributed by atoms with Gasteiger partial charge in [0.25, 0.3) is 10.0 Å². The van der Waals surface area contributed by atoms with Gasteiger partial charge in [-0.05, 0) is 12.8 Å². The number of sulfonamides is 1. The van der Waals surface area contributed by atoms with Crippen LogP contribution in [0.4, 0.5) is 0 Å². The van der Waals surface area contributed by atoms with Gasteiger partial charge in [-0.1, -0.05) is 20.8 Å². The Balaban J connectivity index is 2.59. The molecule has 1 saturated heterocycles. The fourth-order valence-electron chi connectivity index (χ4n) is 2.23. The van der Waals surface area contributed by atoms with Gasteiger partial charge in [-0.25, -0.2) is 4.21 Å². The van der Waals surface area contributed by atoms with Gasteiger partial charge in [0.2, 0.25) is 0 Å². The molecule has 2 rings (SSSR count). The van der Waals surface area contributed by atoms with Crippen LogP contribution in [0.3, 0.4) is 0 Å². The maximum Gasteiger partial charge on any atom is 0.293 e. The Morgan fingerprint density at radius 1 is 1.30 bits per heavy atom. The van der Waals surface area contributed by atoms with Gasteiger partial charge in [0, 0.05) is 30.2 Å². The first-order valence-corrected chi connectivity index (χ1v) is 9.86. The summed E-state index contributed by atoms with van der Waals surface area (Å²) in [4.78, 5) is 0.0714. The molecule has 0 atom stereocenters. The highest BCUT2D eigenvalue weighted by Gasteiger charge is 2.31. The van der Waals surface area contributed by atoms with Crippen molar-refractivity contribution in [1.29, 1.82) is 0 Å². The molecule has 114 valence electrons. The van der Waals surface area contributed by atoms with Crippen LogP contribution < -0.4 is 0 Å². The molecule has 0 radical (unpaired) electrons. The number of rotatable bonds is 2. The summed E-state index contributed by atoms with van der Waals surface area (Å²) < 4.78 is 42.5. The first-order valence-electron chi connectivity index (χ1n) is 6.56. The van der Waals surface area contributed by atoms with E-state index < -0.39 is 25.2 Å². The summed E-state index contributed by atoms with van der Waals surface area (Å²) in [7, 11) is -4.87. The maximum absolute atomic E-state index is 12.5. The standard InChI is InChI=1S/C12H21N3O3S2/c1-12(2,3)11-10(9-15(4)13-11)20(17,18)14-19(16)7-5-6-8-19/h9H,5-8H2,1-4H3. The van der Waals surface area contributed by atoms with Gasteiger partial charge in [-0.15, -0.1) is 3.77 Å². The monoisotopic (exact) mass is 319 g/mol. The second-order valence-electron chi connectivity index (χ2n) is 6.20. The van der Waals surface area contributed by atoms with Crippen molar-refractivity contribution in [2.24, 2.45) is 10.8 Å². The molecule has 0 N–H and O–H groups in total. The van der Waals surface area contributed by atoms with Crippen molar-refractivity contribution in [3.63, 3.8) is 0 Å². The third-order valence-electron chi connectivity index (χ3n) is 3.19. The molecule has 1 aliphatic rings. The summed E-state index contributed by atoms with van der Waals surface area (Å²) in [5, 5.41) is 4.23. The van der Waals surface area contributed by atoms with Crippen LogP contribution in [0.2, 0.25) is 0 Å². The lowest BCUT2D eigenvalue weighted by Crippen LogP contribution is -2.17. The zero-order chi connectivity index (χ0) is 15.2. The zero-order valence-corrected chi connectivity index (χ0v) is 13.9. The molecule has 0 aliphatic carbocycles. The number of aryl methyl sites for hydroxylation is 1. The Hall–Kier alpha value is -0.890. The molecule has 2 heterocycles. The SMILES string of the molecule is Cn1cc(S(=O)(=O)N=S2(=O)CCCC2)c(C(C)(C)C)n1. The average Bonchev–Trinajstić information content (AvgIpc) is 2.83. The molecular weight excluding hydrogens is 298 g/mol. The quantitative estimate of drug-likeness (QED) is 0.830. The van der Waals surface area contributed by atoms with Crippen molar-refractivity contribution in [3.8, 4) is 0 Å². The molecule has 0 amide bonds. The molecule has 1 aromatic rings. The Labute approximate surface area is 120 Å². The summed E-state index contributed by atoms with van der Waals surface area (Å²) in [6.07, 6.45) is 2.99. The van der Waals surface area contributed by atoms with Gasteiger partial charge in [0.15, 0.2) is 0 Å². The van der Waals surface area contributed by atoms with Crippen LogP contribution in [0.1, 0.15) is 39.3 Å². The van der Waals surface area contributed by atoms with Gasteiger partial charge < -0.3 is 0 Å². The smallest absolute Gasteiger partial charge is 0.274 e. The lowest BCUT2D eigenvalue weighted by Gasteiger charge is -2.16. The zero-order valence-electron chi connectivity index (χ0n) is 12.3. The van der Waals surface area contributed by atoms with Gasteiger partial charge in [0.1, 0.15) is 4.90 Å². The van der Waals surface area contributed by atoms with Crippen molar-refractivity contribution >= 4 is 19.8 Å². The number of hydrogen-bond acceptors (Lipinski definition) is 4. The largest absolute Gasteiger partial charge is 0.293 e. The van der Waals surface area contributed by atoms with E-state index in [-0.39, 0.29) is 4.90 Å².